The Bertz CT molecular complexity index is 797. The van der Waals surface area contributed by atoms with Gasteiger partial charge in [0.1, 0.15) is 5.41 Å². The number of hydrogen-bond acceptors (Lipinski definition) is 1. The SMILES string of the molecule is O=C1Nc2cc(C(F)(F)F)ccc2C12CCc1ccccc12. The lowest BCUT2D eigenvalue weighted by atomic mass is 9.76. The molecule has 4 rings (SSSR count). The molecule has 1 N–H and O–H groups in total. The maximum atomic E-state index is 12.8. The fourth-order valence-electron chi connectivity index (χ4n) is 3.67. The number of rotatable bonds is 0. The molecule has 2 nitrogen and oxygen atoms in total. The van der Waals surface area contributed by atoms with Crippen LogP contribution in [0.15, 0.2) is 42.5 Å². The smallest absolute Gasteiger partial charge is 0.325 e. The van der Waals surface area contributed by atoms with E-state index in [1.807, 2.05) is 24.3 Å². The van der Waals surface area contributed by atoms with Gasteiger partial charge in [0.05, 0.1) is 5.56 Å². The van der Waals surface area contributed by atoms with Gasteiger partial charge in [0.15, 0.2) is 0 Å². The molecule has 1 aliphatic heterocycles. The number of carbonyl (C=O) groups excluding carboxylic acids is 1. The molecular formula is C17H12F3NO. The first-order valence-corrected chi connectivity index (χ1v) is 7.04. The van der Waals surface area contributed by atoms with E-state index in [0.717, 1.165) is 29.7 Å². The summed E-state index contributed by atoms with van der Waals surface area (Å²) in [6, 6.07) is 11.2. The highest BCUT2D eigenvalue weighted by atomic mass is 19.4. The number of carbonyl (C=O) groups is 1. The van der Waals surface area contributed by atoms with Crippen molar-refractivity contribution in [1.82, 2.24) is 0 Å². The second kappa shape index (κ2) is 4.12. The molecule has 1 heterocycles. The van der Waals surface area contributed by atoms with Gasteiger partial charge in [0.2, 0.25) is 5.91 Å². The van der Waals surface area contributed by atoms with E-state index in [9.17, 15) is 18.0 Å². The third-order valence-electron chi connectivity index (χ3n) is 4.69. The molecule has 1 spiro atoms. The molecule has 5 heteroatoms. The summed E-state index contributed by atoms with van der Waals surface area (Å²) in [5, 5.41) is 2.64. The van der Waals surface area contributed by atoms with Crippen molar-refractivity contribution in [3.8, 4) is 0 Å². The van der Waals surface area contributed by atoms with E-state index in [1.165, 1.54) is 6.07 Å². The molecule has 0 fully saturated rings. The van der Waals surface area contributed by atoms with Crippen molar-refractivity contribution < 1.29 is 18.0 Å². The zero-order valence-electron chi connectivity index (χ0n) is 11.5. The number of fused-ring (bicyclic) bond motifs is 4. The van der Waals surface area contributed by atoms with E-state index in [1.54, 1.807) is 0 Å². The highest BCUT2D eigenvalue weighted by molar-refractivity contribution is 6.09. The predicted octanol–water partition coefficient (Wildman–Crippen LogP) is 3.89. The normalized spacial score (nSPS) is 22.6. The summed E-state index contributed by atoms with van der Waals surface area (Å²) in [5.41, 5.74) is 1.34. The van der Waals surface area contributed by atoms with Gasteiger partial charge in [-0.2, -0.15) is 13.2 Å². The van der Waals surface area contributed by atoms with Crippen LogP contribution < -0.4 is 5.32 Å². The summed E-state index contributed by atoms with van der Waals surface area (Å²) in [6.45, 7) is 0. The van der Waals surface area contributed by atoms with E-state index in [2.05, 4.69) is 5.32 Å². The lowest BCUT2D eigenvalue weighted by Crippen LogP contribution is -2.33. The number of nitrogens with one attached hydrogen (secondary N) is 1. The minimum absolute atomic E-state index is 0.230. The Morgan fingerprint density at radius 2 is 1.82 bits per heavy atom. The van der Waals surface area contributed by atoms with Crippen molar-refractivity contribution in [2.45, 2.75) is 24.4 Å². The van der Waals surface area contributed by atoms with Crippen LogP contribution in [0.5, 0.6) is 0 Å². The molecule has 0 saturated carbocycles. The molecule has 2 aromatic rings. The first-order chi connectivity index (χ1) is 10.4. The first-order valence-electron chi connectivity index (χ1n) is 7.04. The molecule has 1 unspecified atom stereocenters. The largest absolute Gasteiger partial charge is 0.416 e. The van der Waals surface area contributed by atoms with E-state index >= 15 is 0 Å². The van der Waals surface area contributed by atoms with Gasteiger partial charge in [-0.25, -0.2) is 0 Å². The lowest BCUT2D eigenvalue weighted by molar-refractivity contribution is -0.137. The fourth-order valence-corrected chi connectivity index (χ4v) is 3.67. The molecular weight excluding hydrogens is 291 g/mol. The molecule has 2 aromatic carbocycles. The molecule has 1 amide bonds. The number of halogens is 3. The zero-order valence-corrected chi connectivity index (χ0v) is 11.5. The van der Waals surface area contributed by atoms with Crippen LogP contribution in [0.2, 0.25) is 0 Å². The van der Waals surface area contributed by atoms with Crippen molar-refractivity contribution in [3.63, 3.8) is 0 Å². The van der Waals surface area contributed by atoms with Crippen molar-refractivity contribution in [2.24, 2.45) is 0 Å². The van der Waals surface area contributed by atoms with E-state index in [-0.39, 0.29) is 11.6 Å². The third kappa shape index (κ3) is 1.59. The second-order valence-corrected chi connectivity index (χ2v) is 5.77. The van der Waals surface area contributed by atoms with E-state index < -0.39 is 17.2 Å². The van der Waals surface area contributed by atoms with Crippen LogP contribution in [0, 0.1) is 0 Å². The Labute approximate surface area is 125 Å². The fraction of sp³-hybridized carbons (Fsp3) is 0.235. The quantitative estimate of drug-likeness (QED) is 0.786. The molecule has 2 aliphatic rings. The van der Waals surface area contributed by atoms with Gasteiger partial charge in [-0.15, -0.1) is 0 Å². The number of alkyl halides is 3. The van der Waals surface area contributed by atoms with Crippen molar-refractivity contribution in [3.05, 3.63) is 64.7 Å². The Morgan fingerprint density at radius 3 is 2.59 bits per heavy atom. The monoisotopic (exact) mass is 303 g/mol. The van der Waals surface area contributed by atoms with Gasteiger partial charge in [0.25, 0.3) is 0 Å². The number of hydrogen-bond donors (Lipinski definition) is 1. The summed E-state index contributed by atoms with van der Waals surface area (Å²) in [7, 11) is 0. The minimum Gasteiger partial charge on any atom is -0.325 e. The number of amides is 1. The minimum atomic E-state index is -4.41. The van der Waals surface area contributed by atoms with Gasteiger partial charge >= 0.3 is 6.18 Å². The maximum absolute atomic E-state index is 12.8. The molecule has 1 aliphatic carbocycles. The predicted molar refractivity (Wildman–Crippen MR) is 75.6 cm³/mol. The maximum Gasteiger partial charge on any atom is 0.416 e. The van der Waals surface area contributed by atoms with E-state index in [4.69, 9.17) is 0 Å². The van der Waals surface area contributed by atoms with Crippen molar-refractivity contribution >= 4 is 11.6 Å². The Balaban J connectivity index is 1.92. The molecule has 0 saturated heterocycles. The molecule has 112 valence electrons. The third-order valence-corrected chi connectivity index (χ3v) is 4.69. The first kappa shape index (κ1) is 13.4. The van der Waals surface area contributed by atoms with Crippen LogP contribution in [0.3, 0.4) is 0 Å². The molecule has 22 heavy (non-hydrogen) atoms. The molecule has 0 bridgehead atoms. The lowest BCUT2D eigenvalue weighted by Gasteiger charge is -2.23. The van der Waals surface area contributed by atoms with Gasteiger partial charge in [-0.05, 0) is 41.7 Å². The number of anilines is 1. The highest BCUT2D eigenvalue weighted by Gasteiger charge is 2.52. The highest BCUT2D eigenvalue weighted by Crippen LogP contribution is 2.51. The Hall–Kier alpha value is -2.30. The second-order valence-electron chi connectivity index (χ2n) is 5.77. The Morgan fingerprint density at radius 1 is 1.05 bits per heavy atom. The molecule has 1 atom stereocenters. The van der Waals surface area contributed by atoms with Gasteiger partial charge in [-0.1, -0.05) is 30.3 Å². The Kier molecular flexibility index (Phi) is 2.50. The van der Waals surface area contributed by atoms with Crippen LogP contribution in [0.4, 0.5) is 18.9 Å². The van der Waals surface area contributed by atoms with Crippen molar-refractivity contribution in [2.75, 3.05) is 5.32 Å². The summed E-state index contributed by atoms with van der Waals surface area (Å²) in [5.74, 6) is -0.230. The summed E-state index contributed by atoms with van der Waals surface area (Å²) in [6.07, 6.45) is -3.07. The van der Waals surface area contributed by atoms with Gasteiger partial charge in [-0.3, -0.25) is 4.79 Å². The van der Waals surface area contributed by atoms with Crippen LogP contribution in [0.25, 0.3) is 0 Å². The summed E-state index contributed by atoms with van der Waals surface area (Å²) >= 11 is 0. The van der Waals surface area contributed by atoms with Crippen molar-refractivity contribution in [1.29, 1.82) is 0 Å². The van der Waals surface area contributed by atoms with Crippen LogP contribution in [0.1, 0.15) is 28.7 Å². The van der Waals surface area contributed by atoms with Crippen LogP contribution in [-0.4, -0.2) is 5.91 Å². The van der Waals surface area contributed by atoms with Gasteiger partial charge in [0, 0.05) is 5.69 Å². The molecule has 0 radical (unpaired) electrons. The van der Waals surface area contributed by atoms with Crippen LogP contribution in [-0.2, 0) is 22.8 Å². The average molecular weight is 303 g/mol. The molecule has 0 aromatic heterocycles. The standard InChI is InChI=1S/C17H12F3NO/c18-17(19,20)11-5-6-13-14(9-11)21-15(22)16(13)8-7-10-3-1-2-4-12(10)16/h1-6,9H,7-8H2,(H,21,22). The van der Waals surface area contributed by atoms with Gasteiger partial charge < -0.3 is 5.32 Å². The van der Waals surface area contributed by atoms with Crippen LogP contribution >= 0.6 is 0 Å². The van der Waals surface area contributed by atoms with E-state index in [0.29, 0.717) is 12.0 Å². The zero-order chi connectivity index (χ0) is 15.5. The summed E-state index contributed by atoms with van der Waals surface area (Å²) < 4.78 is 38.5. The number of benzene rings is 2. The average Bonchev–Trinajstić information content (AvgIpc) is 2.99. The number of aryl methyl sites for hydroxylation is 1. The summed E-state index contributed by atoms with van der Waals surface area (Å²) in [4.78, 5) is 12.6. The topological polar surface area (TPSA) is 29.1 Å².